The molecule has 72 valence electrons. The molecular weight excluding hydrogens is 214 g/mol. The van der Waals surface area contributed by atoms with Gasteiger partial charge in [0, 0.05) is 16.6 Å². The van der Waals surface area contributed by atoms with Crippen LogP contribution in [0.5, 0.6) is 0 Å². The van der Waals surface area contributed by atoms with Gasteiger partial charge in [-0.25, -0.2) is 4.39 Å². The minimum atomic E-state index is -0.497. The first-order chi connectivity index (χ1) is 6.07. The Labute approximate surface area is 85.8 Å². The molecule has 5 heteroatoms. The highest BCUT2D eigenvalue weighted by molar-refractivity contribution is 6.36. The summed E-state index contributed by atoms with van der Waals surface area (Å²) in [6.45, 7) is 1.74. The minimum absolute atomic E-state index is 0.0120. The lowest BCUT2D eigenvalue weighted by molar-refractivity contribution is 0.586. The second kappa shape index (κ2) is 4.24. The van der Waals surface area contributed by atoms with E-state index in [4.69, 9.17) is 29.0 Å². The average Bonchev–Trinajstić information content (AvgIpc) is 2.12. The molecule has 0 saturated heterocycles. The third-order valence-corrected chi connectivity index (χ3v) is 2.48. The van der Waals surface area contributed by atoms with E-state index < -0.39 is 5.82 Å². The molecule has 0 heterocycles. The van der Waals surface area contributed by atoms with Crippen LogP contribution in [0.1, 0.15) is 18.5 Å². The smallest absolute Gasteiger partial charge is 0.142 e. The first kappa shape index (κ1) is 10.7. The zero-order chi connectivity index (χ0) is 10.0. The van der Waals surface area contributed by atoms with E-state index in [0.717, 1.165) is 0 Å². The Kier molecular flexibility index (Phi) is 3.50. The van der Waals surface area contributed by atoms with Crippen molar-refractivity contribution in [3.05, 3.63) is 33.6 Å². The van der Waals surface area contributed by atoms with Gasteiger partial charge in [-0.3, -0.25) is 11.3 Å². The molecule has 0 aromatic heterocycles. The van der Waals surface area contributed by atoms with Crippen molar-refractivity contribution < 1.29 is 4.39 Å². The van der Waals surface area contributed by atoms with Gasteiger partial charge in [0.2, 0.25) is 0 Å². The molecule has 0 amide bonds. The van der Waals surface area contributed by atoms with Crippen LogP contribution in [0, 0.1) is 5.82 Å². The van der Waals surface area contributed by atoms with Crippen LogP contribution in [-0.4, -0.2) is 0 Å². The molecule has 0 aliphatic carbocycles. The summed E-state index contributed by atoms with van der Waals surface area (Å²) in [5, 5.41) is 0.412. The van der Waals surface area contributed by atoms with E-state index in [0.29, 0.717) is 10.6 Å². The van der Waals surface area contributed by atoms with Crippen molar-refractivity contribution in [1.82, 2.24) is 5.43 Å². The lowest BCUT2D eigenvalue weighted by Crippen LogP contribution is -2.26. The van der Waals surface area contributed by atoms with Crippen molar-refractivity contribution in [2.45, 2.75) is 13.0 Å². The number of hydrogen-bond acceptors (Lipinski definition) is 2. The molecule has 1 rings (SSSR count). The first-order valence-corrected chi connectivity index (χ1v) is 4.43. The Morgan fingerprint density at radius 3 is 2.62 bits per heavy atom. The van der Waals surface area contributed by atoms with Crippen LogP contribution in [0.25, 0.3) is 0 Å². The highest BCUT2D eigenvalue weighted by atomic mass is 35.5. The van der Waals surface area contributed by atoms with Gasteiger partial charge < -0.3 is 0 Å². The first-order valence-electron chi connectivity index (χ1n) is 3.67. The molecule has 1 atom stereocenters. The van der Waals surface area contributed by atoms with Gasteiger partial charge in [0.05, 0.1) is 5.02 Å². The van der Waals surface area contributed by atoms with Crippen molar-refractivity contribution in [2.75, 3.05) is 0 Å². The Bertz CT molecular complexity index is 317. The summed E-state index contributed by atoms with van der Waals surface area (Å²) in [6.07, 6.45) is 0. The van der Waals surface area contributed by atoms with E-state index in [1.54, 1.807) is 6.92 Å². The third kappa shape index (κ3) is 2.11. The molecule has 0 fully saturated rings. The van der Waals surface area contributed by atoms with Crippen LogP contribution >= 0.6 is 23.2 Å². The van der Waals surface area contributed by atoms with Gasteiger partial charge in [0.1, 0.15) is 5.82 Å². The maximum absolute atomic E-state index is 13.0. The number of hydrazine groups is 1. The van der Waals surface area contributed by atoms with Gasteiger partial charge in [0.25, 0.3) is 0 Å². The number of halogens is 3. The average molecular weight is 223 g/mol. The molecule has 0 bridgehead atoms. The largest absolute Gasteiger partial charge is 0.271 e. The molecule has 0 saturated carbocycles. The molecule has 0 spiro atoms. The maximum atomic E-state index is 13.0. The van der Waals surface area contributed by atoms with Gasteiger partial charge in [-0.2, -0.15) is 0 Å². The number of rotatable bonds is 2. The maximum Gasteiger partial charge on any atom is 0.142 e. The second-order valence-corrected chi connectivity index (χ2v) is 3.43. The van der Waals surface area contributed by atoms with Crippen molar-refractivity contribution in [3.8, 4) is 0 Å². The Balaban J connectivity index is 3.25. The zero-order valence-corrected chi connectivity index (χ0v) is 8.46. The Morgan fingerprint density at radius 1 is 1.46 bits per heavy atom. The predicted molar refractivity (Wildman–Crippen MR) is 52.2 cm³/mol. The summed E-state index contributed by atoms with van der Waals surface area (Å²) in [5.41, 5.74) is 2.93. The summed E-state index contributed by atoms with van der Waals surface area (Å²) in [7, 11) is 0. The van der Waals surface area contributed by atoms with Crippen molar-refractivity contribution in [3.63, 3.8) is 0 Å². The molecule has 13 heavy (non-hydrogen) atoms. The monoisotopic (exact) mass is 222 g/mol. The Morgan fingerprint density at radius 2 is 2.08 bits per heavy atom. The molecule has 0 radical (unpaired) electrons. The van der Waals surface area contributed by atoms with Gasteiger partial charge in [-0.1, -0.05) is 23.2 Å². The summed E-state index contributed by atoms with van der Waals surface area (Å²) in [4.78, 5) is 0. The molecule has 1 unspecified atom stereocenters. The molecule has 0 aliphatic heterocycles. The third-order valence-electron chi connectivity index (χ3n) is 1.76. The number of hydrogen-bond donors (Lipinski definition) is 2. The quantitative estimate of drug-likeness (QED) is 0.459. The van der Waals surface area contributed by atoms with Gasteiger partial charge in [0.15, 0.2) is 0 Å². The summed E-state index contributed by atoms with van der Waals surface area (Å²) in [6, 6.07) is 2.39. The molecule has 1 aromatic carbocycles. The van der Waals surface area contributed by atoms with Gasteiger partial charge >= 0.3 is 0 Å². The van der Waals surface area contributed by atoms with E-state index >= 15 is 0 Å². The minimum Gasteiger partial charge on any atom is -0.271 e. The highest BCUT2D eigenvalue weighted by Crippen LogP contribution is 2.31. The van der Waals surface area contributed by atoms with Crippen molar-refractivity contribution in [2.24, 2.45) is 5.84 Å². The van der Waals surface area contributed by atoms with Crippen LogP contribution in [0.4, 0.5) is 4.39 Å². The van der Waals surface area contributed by atoms with E-state index in [2.05, 4.69) is 5.43 Å². The fourth-order valence-electron chi connectivity index (χ4n) is 1.02. The van der Waals surface area contributed by atoms with Crippen LogP contribution in [0.3, 0.4) is 0 Å². The SMILES string of the molecule is CC(NN)c1c(Cl)ccc(F)c1Cl. The molecule has 0 aliphatic rings. The summed E-state index contributed by atoms with van der Waals surface area (Å²) >= 11 is 11.5. The summed E-state index contributed by atoms with van der Waals surface area (Å²) < 4.78 is 13.0. The van der Waals surface area contributed by atoms with Gasteiger partial charge in [-0.15, -0.1) is 0 Å². The van der Waals surface area contributed by atoms with Crippen molar-refractivity contribution >= 4 is 23.2 Å². The van der Waals surface area contributed by atoms with E-state index in [9.17, 15) is 4.39 Å². The fourth-order valence-corrected chi connectivity index (χ4v) is 1.72. The molecule has 1 aromatic rings. The normalized spacial score (nSPS) is 13.0. The molecular formula is C8H9Cl2FN2. The Hall–Kier alpha value is -0.350. The topological polar surface area (TPSA) is 38.0 Å². The van der Waals surface area contributed by atoms with Crippen LogP contribution < -0.4 is 11.3 Å². The lowest BCUT2D eigenvalue weighted by Gasteiger charge is -2.14. The number of benzene rings is 1. The number of nitrogens with two attached hydrogens (primary N) is 1. The zero-order valence-electron chi connectivity index (χ0n) is 6.94. The predicted octanol–water partition coefficient (Wildman–Crippen LogP) is 2.66. The standard InChI is InChI=1S/C8H9Cl2FN2/c1-4(13-12)7-5(9)2-3-6(11)8(7)10/h2-4,13H,12H2,1H3. The number of nitrogens with one attached hydrogen (secondary N) is 1. The molecule has 3 N–H and O–H groups in total. The van der Waals surface area contributed by atoms with Crippen LogP contribution in [0.15, 0.2) is 12.1 Å². The van der Waals surface area contributed by atoms with Gasteiger partial charge in [-0.05, 0) is 19.1 Å². The molecule has 2 nitrogen and oxygen atoms in total. The lowest BCUT2D eigenvalue weighted by atomic mass is 10.1. The van der Waals surface area contributed by atoms with Crippen LogP contribution in [0.2, 0.25) is 10.0 Å². The summed E-state index contributed by atoms with van der Waals surface area (Å²) in [5.74, 6) is 4.71. The fraction of sp³-hybridized carbons (Fsp3) is 0.250. The highest BCUT2D eigenvalue weighted by Gasteiger charge is 2.15. The van der Waals surface area contributed by atoms with E-state index in [1.807, 2.05) is 0 Å². The van der Waals surface area contributed by atoms with Crippen LogP contribution in [-0.2, 0) is 0 Å². The van der Waals surface area contributed by atoms with E-state index in [-0.39, 0.29) is 11.1 Å². The van der Waals surface area contributed by atoms with Crippen molar-refractivity contribution in [1.29, 1.82) is 0 Å². The second-order valence-electron chi connectivity index (χ2n) is 2.65. The van der Waals surface area contributed by atoms with E-state index in [1.165, 1.54) is 12.1 Å².